The molecule has 3 atom stereocenters. The smallest absolute Gasteiger partial charge is 0.304 e. The summed E-state index contributed by atoms with van der Waals surface area (Å²) >= 11 is 0. The molecule has 4 aromatic rings. The molecule has 0 saturated carbocycles. The Bertz CT molecular complexity index is 1360. The van der Waals surface area contributed by atoms with E-state index in [4.69, 9.17) is 11.4 Å². The highest BCUT2D eigenvalue weighted by Gasteiger charge is 2.60. The van der Waals surface area contributed by atoms with Gasteiger partial charge in [-0.1, -0.05) is 121 Å². The number of allylic oxidation sites excluding steroid dienone is 3. The van der Waals surface area contributed by atoms with Crippen LogP contribution in [0.4, 0.5) is 0 Å². The largest absolute Gasteiger partial charge is 0.441 e. The number of hydrogen-bond acceptors (Lipinski definition) is 4. The Morgan fingerprint density at radius 3 is 1.65 bits per heavy atom. The molecule has 1 aliphatic heterocycles. The Morgan fingerprint density at radius 1 is 0.622 bits per heavy atom. The molecule has 0 radical (unpaired) electrons. The first-order valence-corrected chi connectivity index (χ1v) is 17.0. The van der Waals surface area contributed by atoms with Crippen LogP contribution in [0.5, 0.6) is 0 Å². The molecule has 0 amide bonds. The Hall–Kier alpha value is -2.88. The third-order valence-electron chi connectivity index (χ3n) is 6.43. The van der Waals surface area contributed by atoms with E-state index in [0.717, 1.165) is 21.7 Å². The van der Waals surface area contributed by atoms with Crippen LogP contribution in [0.15, 0.2) is 155 Å². The van der Waals surface area contributed by atoms with Gasteiger partial charge in [-0.2, -0.15) is 3.63 Å². The molecule has 37 heavy (non-hydrogen) atoms. The summed E-state index contributed by atoms with van der Waals surface area (Å²) in [4.78, 5) is 1.54. The first-order chi connectivity index (χ1) is 18.1. The van der Waals surface area contributed by atoms with Crippen molar-refractivity contribution in [2.45, 2.75) is 21.5 Å². The SMILES string of the molecule is OS1(c2ccccc2)O[Si](c2ccccc2)(c2ccccc2)OS(c2ccccc2)(C2C=CC=CC2)O1. The van der Waals surface area contributed by atoms with Crippen molar-refractivity contribution in [3.63, 3.8) is 0 Å². The summed E-state index contributed by atoms with van der Waals surface area (Å²) in [5, 5.41) is 1.75. The molecule has 1 saturated heterocycles. The van der Waals surface area contributed by atoms with Gasteiger partial charge < -0.3 is 4.55 Å². The van der Waals surface area contributed by atoms with Crippen molar-refractivity contribution < 1.29 is 15.9 Å². The predicted molar refractivity (Wildman–Crippen MR) is 155 cm³/mol. The number of rotatable bonds is 5. The second-order valence-corrected chi connectivity index (χ2v) is 16.7. The molecule has 0 aromatic heterocycles. The maximum atomic E-state index is 12.5. The highest BCUT2D eigenvalue weighted by Crippen LogP contribution is 2.78. The van der Waals surface area contributed by atoms with Gasteiger partial charge in [0.1, 0.15) is 10.9 Å². The average molecular weight is 545 g/mol. The molecule has 4 aromatic carbocycles. The Kier molecular flexibility index (Phi) is 6.68. The van der Waals surface area contributed by atoms with Gasteiger partial charge in [-0.15, -0.1) is 10.6 Å². The summed E-state index contributed by atoms with van der Waals surface area (Å²) in [5.74, 6) is 0. The van der Waals surface area contributed by atoms with Gasteiger partial charge in [-0.05, 0) is 30.7 Å². The van der Waals surface area contributed by atoms with Crippen molar-refractivity contribution in [1.29, 1.82) is 0 Å². The molecule has 188 valence electrons. The highest BCUT2D eigenvalue weighted by atomic mass is 32.4. The molecule has 1 aliphatic carbocycles. The van der Waals surface area contributed by atoms with Gasteiger partial charge in [0.25, 0.3) is 0 Å². The molecule has 3 unspecified atom stereocenters. The fourth-order valence-electron chi connectivity index (χ4n) is 4.64. The van der Waals surface area contributed by atoms with Crippen molar-refractivity contribution >= 4 is 40.4 Å². The summed E-state index contributed by atoms with van der Waals surface area (Å²) in [5.41, 5.74) is 0. The molecule has 1 fully saturated rings. The molecule has 2 aliphatic rings. The van der Waals surface area contributed by atoms with E-state index >= 15 is 0 Å². The van der Waals surface area contributed by atoms with Gasteiger partial charge in [-0.25, -0.2) is 0 Å². The maximum absolute atomic E-state index is 12.5. The summed E-state index contributed by atoms with van der Waals surface area (Å²) in [6.07, 6.45) is 9.10. The molecule has 0 bridgehead atoms. The lowest BCUT2D eigenvalue weighted by Crippen LogP contribution is -2.66. The van der Waals surface area contributed by atoms with Gasteiger partial charge in [0.2, 0.25) is 0 Å². The molecule has 1 heterocycles. The lowest BCUT2D eigenvalue weighted by Gasteiger charge is -2.60. The number of benzene rings is 4. The van der Waals surface area contributed by atoms with Crippen LogP contribution >= 0.6 is 21.5 Å². The molecule has 1 N–H and O–H groups in total. The Labute approximate surface area is 222 Å². The van der Waals surface area contributed by atoms with Crippen LogP contribution in [0.1, 0.15) is 6.42 Å². The van der Waals surface area contributed by atoms with Crippen molar-refractivity contribution in [3.05, 3.63) is 146 Å². The zero-order valence-electron chi connectivity index (χ0n) is 20.1. The topological polar surface area (TPSA) is 47.9 Å². The predicted octanol–water partition coefficient (Wildman–Crippen LogP) is 7.05. The quantitative estimate of drug-likeness (QED) is 0.274. The fraction of sp³-hybridized carbons (Fsp3) is 0.0667. The lowest BCUT2D eigenvalue weighted by atomic mass is 10.2. The van der Waals surface area contributed by atoms with Crippen LogP contribution in [-0.2, 0) is 11.4 Å². The molecule has 6 rings (SSSR count). The lowest BCUT2D eigenvalue weighted by molar-refractivity contribution is 0.313. The van der Waals surface area contributed by atoms with Crippen molar-refractivity contribution in [2.75, 3.05) is 0 Å². The first-order valence-electron chi connectivity index (χ1n) is 12.2. The van der Waals surface area contributed by atoms with Gasteiger partial charge in [-0.3, -0.25) is 7.74 Å². The standard InChI is InChI=1S/C30H28O4S2Si/c31-36(28-20-10-3-11-21-28)32-35(26-16-6-1-7-17-26,27-18-8-2-9-19-27)33-37(34-36,29-22-12-4-13-23-29)30-24-14-5-15-25-30/h1-18,20-25,27,31H,19H2. The number of hydrogen-bond donors (Lipinski definition) is 1. The van der Waals surface area contributed by atoms with Crippen LogP contribution in [0, 0.1) is 0 Å². The zero-order valence-corrected chi connectivity index (χ0v) is 22.8. The van der Waals surface area contributed by atoms with Crippen LogP contribution in [-0.4, -0.2) is 18.4 Å². The van der Waals surface area contributed by atoms with Gasteiger partial charge >= 0.3 is 8.56 Å². The van der Waals surface area contributed by atoms with Gasteiger partial charge in [0.05, 0.1) is 15.0 Å². The molecular formula is C30H28O4S2Si. The van der Waals surface area contributed by atoms with E-state index in [1.165, 1.54) is 0 Å². The van der Waals surface area contributed by atoms with E-state index in [2.05, 4.69) is 12.2 Å². The highest BCUT2D eigenvalue weighted by molar-refractivity contribution is 8.38. The normalized spacial score (nSPS) is 30.0. The minimum atomic E-state index is -3.51. The van der Waals surface area contributed by atoms with Crippen LogP contribution in [0.25, 0.3) is 0 Å². The van der Waals surface area contributed by atoms with E-state index in [9.17, 15) is 4.55 Å². The second kappa shape index (κ2) is 10.1. The van der Waals surface area contributed by atoms with Gasteiger partial charge in [0.15, 0.2) is 0 Å². The van der Waals surface area contributed by atoms with E-state index < -0.39 is 30.0 Å². The summed E-state index contributed by atoms with van der Waals surface area (Å²) in [6, 6.07) is 39.7. The Morgan fingerprint density at radius 2 is 1.14 bits per heavy atom. The average Bonchev–Trinajstić information content (AvgIpc) is 2.99. The molecule has 0 spiro atoms. The molecular weight excluding hydrogens is 517 g/mol. The summed E-state index contributed by atoms with van der Waals surface area (Å²) in [7, 11) is -9.28. The van der Waals surface area contributed by atoms with Crippen LogP contribution in [0.3, 0.4) is 0 Å². The zero-order chi connectivity index (χ0) is 25.2. The summed E-state index contributed by atoms with van der Waals surface area (Å²) < 4.78 is 33.7. The van der Waals surface area contributed by atoms with E-state index in [1.54, 1.807) is 0 Å². The van der Waals surface area contributed by atoms with E-state index in [-0.39, 0.29) is 5.25 Å². The maximum Gasteiger partial charge on any atom is 0.441 e. The minimum absolute atomic E-state index is 0.106. The Balaban J connectivity index is 1.67. The van der Waals surface area contributed by atoms with E-state index in [1.807, 2.05) is 133 Å². The van der Waals surface area contributed by atoms with Crippen LogP contribution in [0.2, 0.25) is 0 Å². The third-order valence-corrected chi connectivity index (χ3v) is 16.9. The van der Waals surface area contributed by atoms with Crippen molar-refractivity contribution in [3.8, 4) is 0 Å². The van der Waals surface area contributed by atoms with Crippen LogP contribution < -0.4 is 10.4 Å². The second-order valence-electron chi connectivity index (χ2n) is 8.82. The minimum Gasteiger partial charge on any atom is -0.304 e. The van der Waals surface area contributed by atoms with E-state index in [0.29, 0.717) is 4.90 Å². The molecule has 4 nitrogen and oxygen atoms in total. The fourth-order valence-corrected chi connectivity index (χ4v) is 17.0. The third kappa shape index (κ3) is 4.43. The monoisotopic (exact) mass is 544 g/mol. The van der Waals surface area contributed by atoms with Crippen molar-refractivity contribution in [1.82, 2.24) is 0 Å². The van der Waals surface area contributed by atoms with Crippen molar-refractivity contribution in [2.24, 2.45) is 0 Å². The summed E-state index contributed by atoms with van der Waals surface area (Å²) in [6.45, 7) is 0. The molecule has 7 heteroatoms. The first kappa shape index (κ1) is 24.5. The van der Waals surface area contributed by atoms with Gasteiger partial charge in [0, 0.05) is 10.4 Å².